The van der Waals surface area contributed by atoms with Gasteiger partial charge in [0.15, 0.2) is 0 Å². The number of rotatable bonds is 5. The number of para-hydroxylation sites is 2. The molecule has 4 rings (SSSR count). The molecule has 3 aromatic rings. The third-order valence-corrected chi connectivity index (χ3v) is 5.74. The van der Waals surface area contributed by atoms with Crippen LogP contribution in [-0.2, 0) is 4.79 Å². The molecule has 0 atom stereocenters. The van der Waals surface area contributed by atoms with Crippen molar-refractivity contribution in [2.75, 3.05) is 31.9 Å². The second kappa shape index (κ2) is 11.2. The van der Waals surface area contributed by atoms with Crippen LogP contribution in [0, 0.1) is 5.82 Å². The zero-order chi connectivity index (χ0) is 26.5. The summed E-state index contributed by atoms with van der Waals surface area (Å²) in [7, 11) is 0. The summed E-state index contributed by atoms with van der Waals surface area (Å²) >= 11 is 0. The fourth-order valence-electron chi connectivity index (χ4n) is 3.98. The van der Waals surface area contributed by atoms with E-state index in [1.807, 2.05) is 28.8 Å². The van der Waals surface area contributed by atoms with Gasteiger partial charge in [0.25, 0.3) is 5.91 Å². The quantitative estimate of drug-likeness (QED) is 0.308. The summed E-state index contributed by atoms with van der Waals surface area (Å²) in [5, 5.41) is 9.88. The van der Waals surface area contributed by atoms with Crippen LogP contribution >= 0.6 is 0 Å². The van der Waals surface area contributed by atoms with Crippen LogP contribution < -0.4 is 16.7 Å². The van der Waals surface area contributed by atoms with Crippen LogP contribution in [0.25, 0.3) is 11.0 Å². The second-order valence-corrected chi connectivity index (χ2v) is 8.19. The molecule has 0 spiro atoms. The molecule has 0 radical (unpaired) electrons. The number of carbonyl (C=O) groups excluding carboxylic acids is 1. The van der Waals surface area contributed by atoms with E-state index in [9.17, 15) is 27.2 Å². The molecular formula is C23H25F4N5O4. The number of anilines is 1. The predicted molar refractivity (Wildman–Crippen MR) is 124 cm³/mol. The average molecular weight is 511 g/mol. The molecule has 1 aromatic heterocycles. The minimum absolute atomic E-state index is 0.00313. The molecule has 0 bridgehead atoms. The number of nitrogens with two attached hydrogens (primary N) is 1. The van der Waals surface area contributed by atoms with E-state index in [1.165, 1.54) is 12.1 Å². The Kier molecular flexibility index (Phi) is 8.35. The molecule has 1 aliphatic rings. The molecule has 0 unspecified atom stereocenters. The number of fused-ring (bicyclic) bond motifs is 1. The van der Waals surface area contributed by atoms with Gasteiger partial charge in [-0.15, -0.1) is 0 Å². The van der Waals surface area contributed by atoms with Crippen LogP contribution in [0.5, 0.6) is 0 Å². The Morgan fingerprint density at radius 3 is 2.39 bits per heavy atom. The molecule has 36 heavy (non-hydrogen) atoms. The summed E-state index contributed by atoms with van der Waals surface area (Å²) in [4.78, 5) is 38.5. The van der Waals surface area contributed by atoms with Crippen molar-refractivity contribution in [3.05, 3.63) is 64.3 Å². The van der Waals surface area contributed by atoms with Crippen molar-refractivity contribution < 1.29 is 32.3 Å². The summed E-state index contributed by atoms with van der Waals surface area (Å²) in [5.41, 5.74) is 7.53. The maximum Gasteiger partial charge on any atom is 0.490 e. The molecule has 1 saturated heterocycles. The third-order valence-electron chi connectivity index (χ3n) is 5.74. The lowest BCUT2D eigenvalue weighted by molar-refractivity contribution is -0.192. The first-order valence-electron chi connectivity index (χ1n) is 11.0. The minimum atomic E-state index is -5.08. The van der Waals surface area contributed by atoms with Gasteiger partial charge in [-0.1, -0.05) is 12.1 Å². The van der Waals surface area contributed by atoms with Gasteiger partial charge < -0.3 is 26.0 Å². The summed E-state index contributed by atoms with van der Waals surface area (Å²) in [5.74, 6) is -3.82. The number of H-pyrrole nitrogens is 1. The van der Waals surface area contributed by atoms with Crippen molar-refractivity contribution in [1.82, 2.24) is 19.8 Å². The lowest BCUT2D eigenvalue weighted by atomic mass is 10.0. The van der Waals surface area contributed by atoms with Crippen LogP contribution in [0.3, 0.4) is 0 Å². The van der Waals surface area contributed by atoms with Gasteiger partial charge in [-0.3, -0.25) is 9.36 Å². The van der Waals surface area contributed by atoms with Crippen LogP contribution in [0.15, 0.2) is 47.3 Å². The normalized spacial score (nSPS) is 14.8. The maximum absolute atomic E-state index is 13.8. The van der Waals surface area contributed by atoms with Crippen molar-refractivity contribution in [3.8, 4) is 0 Å². The Hall–Kier alpha value is -3.87. The summed E-state index contributed by atoms with van der Waals surface area (Å²) < 4.78 is 47.4. The number of carbonyl (C=O) groups is 2. The molecule has 9 nitrogen and oxygen atoms in total. The lowest BCUT2D eigenvalue weighted by Gasteiger charge is -2.32. The zero-order valence-corrected chi connectivity index (χ0v) is 19.0. The van der Waals surface area contributed by atoms with Gasteiger partial charge in [0, 0.05) is 37.9 Å². The fraction of sp³-hybridized carbons (Fsp3) is 0.348. The zero-order valence-electron chi connectivity index (χ0n) is 19.0. The smallest absolute Gasteiger partial charge is 0.475 e. The van der Waals surface area contributed by atoms with Crippen molar-refractivity contribution in [2.45, 2.75) is 25.1 Å². The van der Waals surface area contributed by atoms with E-state index < -0.39 is 23.9 Å². The number of imidazole rings is 1. The Morgan fingerprint density at radius 2 is 1.78 bits per heavy atom. The number of halogens is 4. The molecule has 2 heterocycles. The first kappa shape index (κ1) is 26.7. The molecule has 0 aliphatic carbocycles. The molecule has 1 fully saturated rings. The number of carboxylic acid groups (broad SMARTS) is 1. The van der Waals surface area contributed by atoms with E-state index in [0.29, 0.717) is 13.1 Å². The predicted octanol–water partition coefficient (Wildman–Crippen LogP) is 2.75. The van der Waals surface area contributed by atoms with E-state index >= 15 is 0 Å². The number of carboxylic acids is 1. The van der Waals surface area contributed by atoms with E-state index in [-0.39, 0.29) is 23.0 Å². The largest absolute Gasteiger partial charge is 0.490 e. The second-order valence-electron chi connectivity index (χ2n) is 8.19. The number of hydrogen-bond donors (Lipinski definition) is 4. The highest BCUT2D eigenvalue weighted by atomic mass is 19.4. The van der Waals surface area contributed by atoms with Gasteiger partial charge in [-0.25, -0.2) is 14.0 Å². The van der Waals surface area contributed by atoms with Gasteiger partial charge >= 0.3 is 17.8 Å². The molecule has 2 aromatic carbocycles. The number of benzene rings is 2. The number of aliphatic carboxylic acids is 1. The van der Waals surface area contributed by atoms with E-state index in [1.54, 1.807) is 0 Å². The number of likely N-dealkylation sites (tertiary alicyclic amines) is 1. The number of hydrogen-bond acceptors (Lipinski definition) is 5. The number of alkyl halides is 3. The van der Waals surface area contributed by atoms with Gasteiger partial charge in [-0.05, 0) is 43.2 Å². The Labute approximate surface area is 202 Å². The number of piperidine rings is 1. The molecule has 5 N–H and O–H groups in total. The first-order valence-corrected chi connectivity index (χ1v) is 11.0. The Morgan fingerprint density at radius 1 is 1.14 bits per heavy atom. The molecule has 13 heteroatoms. The minimum Gasteiger partial charge on any atom is -0.475 e. The lowest BCUT2D eigenvalue weighted by Crippen LogP contribution is -2.41. The molecule has 0 saturated carbocycles. The number of nitrogens with one attached hydrogen (secondary N) is 2. The van der Waals surface area contributed by atoms with Crippen molar-refractivity contribution in [2.24, 2.45) is 0 Å². The van der Waals surface area contributed by atoms with E-state index in [2.05, 4.69) is 15.2 Å². The average Bonchev–Trinajstić information content (AvgIpc) is 3.15. The highest BCUT2D eigenvalue weighted by Crippen LogP contribution is 2.24. The SMILES string of the molecule is Nc1ccc(C(=O)NCCN2CCC(n3c(=O)[nH]c4ccccc43)CC2)c(F)c1.O=C(O)C(F)(F)F. The number of aromatic amines is 1. The monoisotopic (exact) mass is 511 g/mol. The van der Waals surface area contributed by atoms with Gasteiger partial charge in [0.05, 0.1) is 16.6 Å². The number of nitrogens with zero attached hydrogens (tertiary/aromatic N) is 2. The molecule has 1 amide bonds. The van der Waals surface area contributed by atoms with Crippen LogP contribution in [0.4, 0.5) is 23.2 Å². The third kappa shape index (κ3) is 6.62. The van der Waals surface area contributed by atoms with Crippen molar-refractivity contribution in [3.63, 3.8) is 0 Å². The molecule has 194 valence electrons. The van der Waals surface area contributed by atoms with Gasteiger partial charge in [-0.2, -0.15) is 13.2 Å². The van der Waals surface area contributed by atoms with Crippen LogP contribution in [0.1, 0.15) is 29.2 Å². The summed E-state index contributed by atoms with van der Waals surface area (Å²) in [6.45, 7) is 2.78. The van der Waals surface area contributed by atoms with Crippen molar-refractivity contribution >= 4 is 28.6 Å². The number of nitrogen functional groups attached to an aromatic ring is 1. The topological polar surface area (TPSA) is 133 Å². The van der Waals surface area contributed by atoms with Gasteiger partial charge in [0.2, 0.25) is 0 Å². The Balaban J connectivity index is 0.000000454. The summed E-state index contributed by atoms with van der Waals surface area (Å²) in [6, 6.07) is 11.9. The fourth-order valence-corrected chi connectivity index (χ4v) is 3.98. The van der Waals surface area contributed by atoms with E-state index in [4.69, 9.17) is 15.6 Å². The van der Waals surface area contributed by atoms with Crippen LogP contribution in [0.2, 0.25) is 0 Å². The van der Waals surface area contributed by atoms with Crippen LogP contribution in [-0.4, -0.2) is 63.8 Å². The standard InChI is InChI=1S/C21H24FN5O2.C2HF3O2/c22-17-13-14(23)5-6-16(17)20(28)24-9-12-26-10-7-15(8-11-26)27-19-4-2-1-3-18(19)25-21(27)29;3-2(4,5)1(6)7/h1-6,13,15H,7-12,23H2,(H,24,28)(H,25,29);(H,6,7). The molecular weight excluding hydrogens is 486 g/mol. The first-order chi connectivity index (χ1) is 17.0. The van der Waals surface area contributed by atoms with Gasteiger partial charge in [0.1, 0.15) is 5.82 Å². The highest BCUT2D eigenvalue weighted by Gasteiger charge is 2.38. The van der Waals surface area contributed by atoms with Crippen molar-refractivity contribution in [1.29, 1.82) is 0 Å². The Bertz CT molecular complexity index is 1280. The highest BCUT2D eigenvalue weighted by molar-refractivity contribution is 5.94. The molecule has 1 aliphatic heterocycles. The number of amides is 1. The number of aromatic nitrogens is 2. The van der Waals surface area contributed by atoms with E-state index in [0.717, 1.165) is 43.0 Å². The summed E-state index contributed by atoms with van der Waals surface area (Å²) in [6.07, 6.45) is -3.36. The maximum atomic E-state index is 13.8.